The third-order valence-corrected chi connectivity index (χ3v) is 22.8. The molecule has 9 heterocycles. The molecule has 0 radical (unpaired) electrons. The van der Waals surface area contributed by atoms with Crippen molar-refractivity contribution in [3.63, 3.8) is 0 Å². The van der Waals surface area contributed by atoms with E-state index in [1.54, 1.807) is 102 Å². The molecule has 10 aromatic rings. The summed E-state index contributed by atoms with van der Waals surface area (Å²) in [6, 6.07) is 6.73. The summed E-state index contributed by atoms with van der Waals surface area (Å²) in [5.41, 5.74) is 0.501. The van der Waals surface area contributed by atoms with Crippen molar-refractivity contribution in [3.05, 3.63) is 169 Å². The highest BCUT2D eigenvalue weighted by atomic mass is 79.9. The Morgan fingerprint density at radius 3 is 1.38 bits per heavy atom. The van der Waals surface area contributed by atoms with Gasteiger partial charge in [-0.1, -0.05) is 262 Å². The molecule has 686 valence electrons. The lowest BCUT2D eigenvalue weighted by atomic mass is 9.96. The lowest BCUT2D eigenvalue weighted by Gasteiger charge is -2.17. The van der Waals surface area contributed by atoms with Gasteiger partial charge in [0.2, 0.25) is 35.2 Å². The van der Waals surface area contributed by atoms with Gasteiger partial charge in [0.15, 0.2) is 37.7 Å². The van der Waals surface area contributed by atoms with Crippen LogP contribution >= 0.6 is 126 Å². The summed E-state index contributed by atoms with van der Waals surface area (Å²) >= 11 is 22.7. The normalized spacial score (nSPS) is 10.5. The minimum Gasteiger partial charge on any atom is -0.249 e. The molecule has 29 nitrogen and oxygen atoms in total. The Hall–Kier alpha value is -10.7. The van der Waals surface area contributed by atoms with Gasteiger partial charge >= 0.3 is 11.5 Å². The summed E-state index contributed by atoms with van der Waals surface area (Å²) in [7, 11) is -3.60. The summed E-state index contributed by atoms with van der Waals surface area (Å²) in [6.07, 6.45) is 60.9. The van der Waals surface area contributed by atoms with Crippen molar-refractivity contribution < 1.29 is 13.1 Å². The second kappa shape index (κ2) is 61.1. The lowest BCUT2D eigenvalue weighted by Crippen LogP contribution is -2.33. The van der Waals surface area contributed by atoms with Crippen molar-refractivity contribution in [1.82, 2.24) is 129 Å². The van der Waals surface area contributed by atoms with Gasteiger partial charge < -0.3 is 0 Å². The number of hydrogen-bond acceptors (Lipinski definition) is 26. The number of rotatable bonds is 32. The first-order valence-electron chi connectivity index (χ1n) is 39.0. The zero-order valence-corrected chi connectivity index (χ0v) is 86.2. The summed E-state index contributed by atoms with van der Waals surface area (Å²) in [4.78, 5) is 38.4. The number of nitrogens with zero attached hydrogens (tertiary/aromatic N) is 25. The maximum Gasteiger partial charge on any atom is 0.311 e. The molecule has 0 saturated carbocycles. The number of aromatic nitrogens is 27. The van der Waals surface area contributed by atoms with E-state index in [0.717, 1.165) is 89.1 Å². The SMILES string of the molecule is C#CCS(=O)(=O)c1nc(-c2ccc(Cl)cc2)n[nH]1.C#CCSc1nc(C(C)(C)C)n(CC=C)n1.C#CCSc1nc(C(C)(C)C)nn1CC=C.C#CCSc1nc(C)n(CC=C)n1.C#CCSc1nc(C)nn1CC=C.C#CCSc1nc[n+](CC=C)[nH]1.C#CCn1nc(Br)nc1Br.C#CCn1nc(C(C)(C)C)nc1SCC=C.C#CCn1nc(SCC=C)nc1C(C)(C)C. The number of sulfone groups is 1. The number of nitrogens with one attached hydrogen (secondary N) is 2. The summed E-state index contributed by atoms with van der Waals surface area (Å²) in [5.74, 6) is 32.3. The van der Waals surface area contributed by atoms with Gasteiger partial charge in [-0.05, 0) is 92.8 Å². The van der Waals surface area contributed by atoms with Crippen molar-refractivity contribution in [3.8, 4) is 122 Å². The fraction of sp³-hybridized carbons (Fsp3) is 0.378. The second-order valence-corrected chi connectivity index (χ2v) is 40.0. The maximum atomic E-state index is 11.6. The number of terminal acetylenes is 9. The van der Waals surface area contributed by atoms with Crippen LogP contribution in [0.25, 0.3) is 11.4 Å². The largest absolute Gasteiger partial charge is 0.311 e. The molecule has 0 fully saturated rings. The van der Waals surface area contributed by atoms with E-state index in [4.69, 9.17) is 69.4 Å². The predicted octanol–water partition coefficient (Wildman–Crippen LogP) is 16.5. The Bertz CT molecular complexity index is 5790. The number of H-pyrrole nitrogens is 2. The van der Waals surface area contributed by atoms with Crippen LogP contribution in [-0.4, -0.2) is 183 Å². The van der Waals surface area contributed by atoms with Gasteiger partial charge in [0.1, 0.15) is 55.2 Å². The van der Waals surface area contributed by atoms with E-state index in [1.807, 2.05) is 46.1 Å². The highest BCUT2D eigenvalue weighted by Gasteiger charge is 2.27. The van der Waals surface area contributed by atoms with Gasteiger partial charge in [-0.3, -0.25) is 0 Å². The second-order valence-electron chi connectivity index (χ2n) is 29.6. The van der Waals surface area contributed by atoms with E-state index in [9.17, 15) is 8.42 Å². The van der Waals surface area contributed by atoms with Gasteiger partial charge in [0.25, 0.3) is 0 Å². The van der Waals surface area contributed by atoms with Crippen LogP contribution in [0.5, 0.6) is 0 Å². The minimum absolute atomic E-state index is 0.0229. The van der Waals surface area contributed by atoms with Gasteiger partial charge in [-0.25, -0.2) is 76.2 Å². The maximum absolute atomic E-state index is 11.6. The molecular formula is C90H111Br2ClN27O2S8+. The summed E-state index contributed by atoms with van der Waals surface area (Å²) in [5, 5.41) is 45.3. The van der Waals surface area contributed by atoms with Gasteiger partial charge in [0.05, 0.1) is 54.9 Å². The molecule has 0 unspecified atom stereocenters. The number of allylic oxidation sites excluding steroid dienone is 5. The van der Waals surface area contributed by atoms with Crippen molar-refractivity contribution in [1.29, 1.82) is 0 Å². The first kappa shape index (κ1) is 115. The minimum atomic E-state index is -3.60. The monoisotopic (exact) mass is 2050 g/mol. The molecule has 130 heavy (non-hydrogen) atoms. The standard InChI is InChI=1S/4C12H17N3S.C11H8ClN3O2S.2C9H11N3S.C8H9N3S.C5H3Br2N3/c2*1-6-8-15-10(12(3,4)5)13-11(14-15)16-9-7-2;2*1-6-8-15-11(16-9-7-2)13-10(14-15)12(3,4)5;1-2-7-18(16,17)11-13-10(14-15-11)8-3-5-9(12)6-4-8;1-4-6-12-8(3)10-9(11-12)13-7-5-2;1-4-6-12-9(13-7-5-2)10-8(3)11-12;1-3-5-11-7-9-8(10-11)12-6-4-2;1-2-3-10-5(7)8-4(6)9-10/h2,6H,1,8-9H2,3-5H3;1,7H,2,8-9H2,3-5H3;2,6H,1,8-9H2,3-5H3;1,7H,2,8-9H2,3-5H3;1,3-6H,7H2,(H,13,14,15);2*2,4H,1,6-7H2,3H3;2-3,7H,1,5-6H2;1H,3H2/p+1. The van der Waals surface area contributed by atoms with Crippen molar-refractivity contribution in [2.45, 2.75) is 212 Å². The van der Waals surface area contributed by atoms with E-state index in [-0.39, 0.29) is 32.6 Å². The highest BCUT2D eigenvalue weighted by Crippen LogP contribution is 2.29. The lowest BCUT2D eigenvalue weighted by molar-refractivity contribution is -0.744. The molecule has 9 aromatic heterocycles. The zero-order chi connectivity index (χ0) is 97.6. The Balaban J connectivity index is 0.000000497. The fourth-order valence-electron chi connectivity index (χ4n) is 8.97. The number of thioether (sulfide) groups is 7. The predicted molar refractivity (Wildman–Crippen MR) is 543 cm³/mol. The quantitative estimate of drug-likeness (QED) is 0.0171. The molecule has 0 saturated heterocycles. The number of benzene rings is 1. The van der Waals surface area contributed by atoms with E-state index in [2.05, 4.69) is 310 Å². The van der Waals surface area contributed by atoms with Crippen LogP contribution in [0.3, 0.4) is 0 Å². The van der Waals surface area contributed by atoms with E-state index in [0.29, 0.717) is 94.6 Å². The number of halogens is 3. The van der Waals surface area contributed by atoms with Crippen LogP contribution in [0.15, 0.2) is 170 Å². The molecule has 0 bridgehead atoms. The third kappa shape index (κ3) is 43.4. The van der Waals surface area contributed by atoms with Gasteiger partial charge in [-0.2, -0.15) is 40.1 Å². The molecule has 0 spiro atoms. The molecule has 40 heteroatoms. The average molecular weight is 2050 g/mol. The van der Waals surface area contributed by atoms with E-state index >= 15 is 0 Å². The molecular weight excluding hydrogens is 1940 g/mol. The Morgan fingerprint density at radius 1 is 0.454 bits per heavy atom. The summed E-state index contributed by atoms with van der Waals surface area (Å²) in [6.45, 7) is 59.5. The van der Waals surface area contributed by atoms with Crippen molar-refractivity contribution in [2.75, 3.05) is 46.0 Å². The third-order valence-electron chi connectivity index (χ3n) is 14.5. The number of hydrogen-bond donors (Lipinski definition) is 2. The molecule has 0 aliphatic carbocycles. The number of aromatic amines is 2. The van der Waals surface area contributed by atoms with E-state index in [1.165, 1.54) is 58.8 Å². The molecule has 0 aliphatic rings. The van der Waals surface area contributed by atoms with Crippen LogP contribution < -0.4 is 4.68 Å². The van der Waals surface area contributed by atoms with Crippen LogP contribution in [0.1, 0.15) is 118 Å². The highest BCUT2D eigenvalue weighted by molar-refractivity contribution is 9.11. The van der Waals surface area contributed by atoms with Gasteiger partial charge in [-0.15, -0.1) is 118 Å². The Morgan fingerprint density at radius 2 is 0.892 bits per heavy atom. The topological polar surface area (TPSA) is 323 Å². The molecule has 1 aromatic carbocycles. The Kier molecular flexibility index (Phi) is 54.2. The van der Waals surface area contributed by atoms with Crippen molar-refractivity contribution >= 4 is 136 Å². The average Bonchev–Trinajstić information content (AvgIpc) is 1.69. The van der Waals surface area contributed by atoms with Gasteiger partial charge in [0, 0.05) is 43.8 Å². The zero-order valence-electron chi connectivity index (χ0n) is 75.8. The fourth-order valence-corrected chi connectivity index (χ4v) is 15.0. The van der Waals surface area contributed by atoms with Crippen LogP contribution in [0.4, 0.5) is 0 Å². The molecule has 0 amide bonds. The number of aryl methyl sites for hydroxylation is 2. The first-order valence-corrected chi connectivity index (χ1v) is 49.5. The Labute approximate surface area is 819 Å². The van der Waals surface area contributed by atoms with E-state index < -0.39 is 15.6 Å². The molecule has 0 atom stereocenters. The van der Waals surface area contributed by atoms with Crippen LogP contribution in [0.2, 0.25) is 5.02 Å². The summed E-state index contributed by atoms with van der Waals surface area (Å²) < 4.78 is 38.7. The molecule has 2 N–H and O–H groups in total. The molecule has 0 aliphatic heterocycles. The van der Waals surface area contributed by atoms with Crippen LogP contribution in [-0.2, 0) is 83.9 Å². The van der Waals surface area contributed by atoms with Crippen LogP contribution in [0, 0.1) is 125 Å². The first-order chi connectivity index (χ1) is 61.6. The van der Waals surface area contributed by atoms with Crippen molar-refractivity contribution in [2.24, 2.45) is 0 Å². The molecule has 10 rings (SSSR count). The smallest absolute Gasteiger partial charge is 0.249 e.